The molecule has 1 amide bonds. The summed E-state index contributed by atoms with van der Waals surface area (Å²) >= 11 is 3.44. The van der Waals surface area contributed by atoms with Crippen LogP contribution in [0.5, 0.6) is 0 Å². The van der Waals surface area contributed by atoms with Crippen LogP contribution in [0.4, 0.5) is 0 Å². The van der Waals surface area contributed by atoms with Crippen molar-refractivity contribution in [2.24, 2.45) is 0 Å². The molecule has 0 saturated carbocycles. The van der Waals surface area contributed by atoms with Gasteiger partial charge in [0.1, 0.15) is 6.10 Å². The van der Waals surface area contributed by atoms with Crippen LogP contribution in [0.15, 0.2) is 28.7 Å². The van der Waals surface area contributed by atoms with Crippen molar-refractivity contribution in [3.63, 3.8) is 0 Å². The largest absolute Gasteiger partial charge is 0.368 e. The van der Waals surface area contributed by atoms with Crippen molar-refractivity contribution in [2.75, 3.05) is 13.7 Å². The van der Waals surface area contributed by atoms with Crippen LogP contribution in [0, 0.1) is 0 Å². The summed E-state index contributed by atoms with van der Waals surface area (Å²) in [7, 11) is 1.83. The summed E-state index contributed by atoms with van der Waals surface area (Å²) in [6.45, 7) is 1.33. The third-order valence-electron chi connectivity index (χ3n) is 3.14. The Morgan fingerprint density at radius 1 is 1.50 bits per heavy atom. The number of carbonyl (C=O) groups is 1. The van der Waals surface area contributed by atoms with Crippen molar-refractivity contribution in [3.8, 4) is 0 Å². The smallest absolute Gasteiger partial charge is 0.251 e. The number of carbonyl (C=O) groups excluding carboxylic acids is 1. The van der Waals surface area contributed by atoms with Gasteiger partial charge in [-0.25, -0.2) is 0 Å². The molecule has 4 heteroatoms. The Bertz CT molecular complexity index is 416. The molecule has 0 spiro atoms. The molecular weight excluding hydrogens is 294 g/mol. The molecule has 2 rings (SSSR count). The number of nitrogens with zero attached hydrogens (tertiary/aromatic N) is 1. The van der Waals surface area contributed by atoms with Crippen LogP contribution >= 0.6 is 15.9 Å². The summed E-state index contributed by atoms with van der Waals surface area (Å²) in [5, 5.41) is 0. The molecule has 18 heavy (non-hydrogen) atoms. The van der Waals surface area contributed by atoms with E-state index >= 15 is 0 Å². The SMILES string of the molecule is CN(Cc1cccc(Br)c1)C(=O)C1CCCCO1. The van der Waals surface area contributed by atoms with Gasteiger partial charge in [-0.2, -0.15) is 0 Å². The van der Waals surface area contributed by atoms with Crippen molar-refractivity contribution in [2.45, 2.75) is 31.9 Å². The van der Waals surface area contributed by atoms with E-state index in [4.69, 9.17) is 4.74 Å². The summed E-state index contributed by atoms with van der Waals surface area (Å²) in [5.41, 5.74) is 1.12. The first-order valence-electron chi connectivity index (χ1n) is 6.28. The molecular formula is C14H18BrNO2. The number of likely N-dealkylation sites (N-methyl/N-ethyl adjacent to an activating group) is 1. The number of ether oxygens (including phenoxy) is 1. The minimum Gasteiger partial charge on any atom is -0.368 e. The lowest BCUT2D eigenvalue weighted by Gasteiger charge is -2.26. The Hall–Kier alpha value is -0.870. The van der Waals surface area contributed by atoms with Gasteiger partial charge in [-0.3, -0.25) is 4.79 Å². The van der Waals surface area contributed by atoms with E-state index in [1.54, 1.807) is 4.90 Å². The van der Waals surface area contributed by atoms with Gasteiger partial charge in [-0.1, -0.05) is 28.1 Å². The minimum absolute atomic E-state index is 0.0923. The molecule has 0 N–H and O–H groups in total. The van der Waals surface area contributed by atoms with Gasteiger partial charge in [-0.05, 0) is 37.0 Å². The molecule has 0 aromatic heterocycles. The first kappa shape index (κ1) is 13.6. The average Bonchev–Trinajstić information content (AvgIpc) is 2.39. The topological polar surface area (TPSA) is 29.5 Å². The quantitative estimate of drug-likeness (QED) is 0.859. The van der Waals surface area contributed by atoms with Crippen molar-refractivity contribution in [1.82, 2.24) is 4.90 Å². The number of hydrogen-bond acceptors (Lipinski definition) is 2. The van der Waals surface area contributed by atoms with Crippen LogP contribution < -0.4 is 0 Å². The molecule has 1 atom stereocenters. The second-order valence-corrected chi connectivity index (χ2v) is 5.60. The summed E-state index contributed by atoms with van der Waals surface area (Å²) in [6, 6.07) is 8.02. The summed E-state index contributed by atoms with van der Waals surface area (Å²) in [4.78, 5) is 13.9. The van der Waals surface area contributed by atoms with Gasteiger partial charge >= 0.3 is 0 Å². The van der Waals surface area contributed by atoms with Crippen LogP contribution in [0.1, 0.15) is 24.8 Å². The highest BCUT2D eigenvalue weighted by molar-refractivity contribution is 9.10. The lowest BCUT2D eigenvalue weighted by atomic mass is 10.1. The Balaban J connectivity index is 1.94. The van der Waals surface area contributed by atoms with Crippen molar-refractivity contribution in [3.05, 3.63) is 34.3 Å². The van der Waals surface area contributed by atoms with Gasteiger partial charge in [0, 0.05) is 24.7 Å². The van der Waals surface area contributed by atoms with Gasteiger partial charge in [0.25, 0.3) is 5.91 Å². The molecule has 1 unspecified atom stereocenters. The first-order valence-corrected chi connectivity index (χ1v) is 7.07. The molecule has 0 aliphatic carbocycles. The van der Waals surface area contributed by atoms with Crippen molar-refractivity contribution in [1.29, 1.82) is 0 Å². The Kier molecular flexibility index (Phi) is 4.78. The highest BCUT2D eigenvalue weighted by atomic mass is 79.9. The van der Waals surface area contributed by atoms with Gasteiger partial charge in [0.2, 0.25) is 0 Å². The molecule has 1 aromatic rings. The van der Waals surface area contributed by atoms with Crippen LogP contribution in [0.2, 0.25) is 0 Å². The third kappa shape index (κ3) is 3.56. The van der Waals surface area contributed by atoms with E-state index < -0.39 is 0 Å². The highest BCUT2D eigenvalue weighted by Crippen LogP contribution is 2.17. The molecule has 1 saturated heterocycles. The summed E-state index contributed by atoms with van der Waals surface area (Å²) in [6.07, 6.45) is 2.76. The van der Waals surface area contributed by atoms with Crippen LogP contribution in [0.3, 0.4) is 0 Å². The molecule has 98 valence electrons. The Morgan fingerprint density at radius 3 is 3.00 bits per heavy atom. The molecule has 3 nitrogen and oxygen atoms in total. The standard InChI is InChI=1S/C14H18BrNO2/c1-16(10-11-5-4-6-12(15)9-11)14(17)13-7-2-3-8-18-13/h4-6,9,13H,2-3,7-8,10H2,1H3. The van der Waals surface area contributed by atoms with Gasteiger partial charge in [-0.15, -0.1) is 0 Å². The minimum atomic E-state index is -0.240. The fraction of sp³-hybridized carbons (Fsp3) is 0.500. The summed E-state index contributed by atoms with van der Waals surface area (Å²) < 4.78 is 6.56. The molecule has 1 aliphatic rings. The zero-order valence-electron chi connectivity index (χ0n) is 10.6. The number of halogens is 1. The van der Waals surface area contributed by atoms with E-state index in [0.717, 1.165) is 29.3 Å². The van der Waals surface area contributed by atoms with E-state index in [0.29, 0.717) is 13.2 Å². The van der Waals surface area contributed by atoms with E-state index in [-0.39, 0.29) is 12.0 Å². The van der Waals surface area contributed by atoms with E-state index in [1.807, 2.05) is 31.3 Å². The Morgan fingerprint density at radius 2 is 2.33 bits per heavy atom. The maximum absolute atomic E-state index is 12.2. The van der Waals surface area contributed by atoms with Crippen molar-refractivity contribution < 1.29 is 9.53 Å². The third-order valence-corrected chi connectivity index (χ3v) is 3.63. The lowest BCUT2D eigenvalue weighted by molar-refractivity contribution is -0.145. The molecule has 0 radical (unpaired) electrons. The molecule has 1 heterocycles. The monoisotopic (exact) mass is 311 g/mol. The highest BCUT2D eigenvalue weighted by Gasteiger charge is 2.24. The number of hydrogen-bond donors (Lipinski definition) is 0. The number of rotatable bonds is 3. The van der Waals surface area contributed by atoms with E-state index in [1.165, 1.54) is 0 Å². The number of amides is 1. The van der Waals surface area contributed by atoms with Crippen LogP contribution in [-0.4, -0.2) is 30.6 Å². The first-order chi connectivity index (χ1) is 8.66. The van der Waals surface area contributed by atoms with Crippen LogP contribution in [0.25, 0.3) is 0 Å². The average molecular weight is 312 g/mol. The molecule has 0 bridgehead atoms. The predicted octanol–water partition coefficient (Wildman–Crippen LogP) is 2.98. The zero-order chi connectivity index (χ0) is 13.0. The predicted molar refractivity (Wildman–Crippen MR) is 74.2 cm³/mol. The second kappa shape index (κ2) is 6.34. The van der Waals surface area contributed by atoms with Crippen LogP contribution in [-0.2, 0) is 16.1 Å². The molecule has 1 aromatic carbocycles. The lowest BCUT2D eigenvalue weighted by Crippen LogP contribution is -2.39. The summed E-state index contributed by atoms with van der Waals surface area (Å²) in [5.74, 6) is 0.0923. The van der Waals surface area contributed by atoms with Gasteiger partial charge < -0.3 is 9.64 Å². The van der Waals surface area contributed by atoms with E-state index in [2.05, 4.69) is 15.9 Å². The second-order valence-electron chi connectivity index (χ2n) is 4.68. The Labute approximate surface area is 116 Å². The van der Waals surface area contributed by atoms with Gasteiger partial charge in [0.15, 0.2) is 0 Å². The maximum Gasteiger partial charge on any atom is 0.251 e. The normalized spacial score (nSPS) is 19.6. The van der Waals surface area contributed by atoms with E-state index in [9.17, 15) is 4.79 Å². The fourth-order valence-corrected chi connectivity index (χ4v) is 2.62. The molecule has 1 aliphatic heterocycles. The zero-order valence-corrected chi connectivity index (χ0v) is 12.1. The number of benzene rings is 1. The van der Waals surface area contributed by atoms with Crippen molar-refractivity contribution >= 4 is 21.8 Å². The maximum atomic E-state index is 12.2. The van der Waals surface area contributed by atoms with Gasteiger partial charge in [0.05, 0.1) is 0 Å². The molecule has 1 fully saturated rings. The fourth-order valence-electron chi connectivity index (χ4n) is 2.17.